The molecule has 3 aromatic rings. The Balaban J connectivity index is 1.76. The fourth-order valence-corrected chi connectivity index (χ4v) is 5.94. The molecule has 248 valence electrons. The Morgan fingerprint density at radius 3 is 2.50 bits per heavy atom. The molecule has 0 spiro atoms. The summed E-state index contributed by atoms with van der Waals surface area (Å²) in [7, 11) is 2.99. The second-order valence-electron chi connectivity index (χ2n) is 12.6. The first kappa shape index (κ1) is 34.6. The summed E-state index contributed by atoms with van der Waals surface area (Å²) < 4.78 is 31.3. The number of aromatic nitrogens is 1. The molecule has 0 bridgehead atoms. The first-order valence-electron chi connectivity index (χ1n) is 15.9. The number of hydrogen-bond donors (Lipinski definition) is 0. The minimum Gasteiger partial charge on any atom is -0.493 e. The van der Waals surface area contributed by atoms with Gasteiger partial charge in [-0.15, -0.1) is 13.2 Å². The summed E-state index contributed by atoms with van der Waals surface area (Å²) in [6.45, 7) is 18.0. The molecular formula is C37H48N2O7. The maximum absolute atomic E-state index is 13.2. The van der Waals surface area contributed by atoms with E-state index in [1.165, 1.54) is 11.7 Å². The zero-order chi connectivity index (χ0) is 33.4. The highest BCUT2D eigenvalue weighted by atomic mass is 16.6. The first-order valence-corrected chi connectivity index (χ1v) is 15.9. The van der Waals surface area contributed by atoms with Crippen molar-refractivity contribution in [3.05, 3.63) is 78.5 Å². The third-order valence-corrected chi connectivity index (χ3v) is 8.07. The lowest BCUT2D eigenvalue weighted by molar-refractivity contribution is 0.0542. The van der Waals surface area contributed by atoms with Gasteiger partial charge in [-0.3, -0.25) is 9.47 Å². The van der Waals surface area contributed by atoms with Crippen LogP contribution in [0.2, 0.25) is 0 Å². The number of piperidine rings is 1. The molecule has 0 unspecified atom stereocenters. The molecule has 4 rings (SSSR count). The Kier molecular flexibility index (Phi) is 11.6. The van der Waals surface area contributed by atoms with Crippen molar-refractivity contribution in [1.29, 1.82) is 0 Å². The van der Waals surface area contributed by atoms with E-state index in [0.717, 1.165) is 55.3 Å². The predicted octanol–water partition coefficient (Wildman–Crippen LogP) is 7.69. The summed E-state index contributed by atoms with van der Waals surface area (Å²) in [4.78, 5) is 28.0. The number of methoxy groups -OCH3 is 2. The van der Waals surface area contributed by atoms with Crippen LogP contribution >= 0.6 is 0 Å². The highest BCUT2D eigenvalue weighted by Gasteiger charge is 2.35. The molecule has 0 amide bonds. The van der Waals surface area contributed by atoms with Gasteiger partial charge in [-0.05, 0) is 83.2 Å². The number of fused-ring (bicyclic) bond motifs is 1. The summed E-state index contributed by atoms with van der Waals surface area (Å²) in [5.41, 5.74) is 2.29. The van der Waals surface area contributed by atoms with Gasteiger partial charge in [0.25, 0.3) is 0 Å². The number of unbranched alkanes of at least 4 members (excludes halogenated alkanes) is 2. The molecule has 2 atom stereocenters. The van der Waals surface area contributed by atoms with Gasteiger partial charge in [0.1, 0.15) is 17.5 Å². The lowest BCUT2D eigenvalue weighted by atomic mass is 9.86. The van der Waals surface area contributed by atoms with Crippen molar-refractivity contribution in [1.82, 2.24) is 9.47 Å². The van der Waals surface area contributed by atoms with E-state index in [1.807, 2.05) is 58.0 Å². The molecule has 2 aromatic carbocycles. The molecule has 1 fully saturated rings. The van der Waals surface area contributed by atoms with Crippen molar-refractivity contribution in [2.45, 2.75) is 71.0 Å². The number of carbonyl (C=O) groups is 2. The average molecular weight is 633 g/mol. The van der Waals surface area contributed by atoms with Crippen molar-refractivity contribution < 1.29 is 33.3 Å². The number of allylic oxidation sites excluding steroid dienone is 1. The molecule has 1 aromatic heterocycles. The lowest BCUT2D eigenvalue weighted by Crippen LogP contribution is -2.44. The largest absolute Gasteiger partial charge is 0.493 e. The fourth-order valence-electron chi connectivity index (χ4n) is 5.94. The number of likely N-dealkylation sites (tertiary alicyclic amines) is 1. The zero-order valence-electron chi connectivity index (χ0n) is 28.1. The van der Waals surface area contributed by atoms with Crippen LogP contribution in [0.25, 0.3) is 10.9 Å². The topological polar surface area (TPSA) is 88.5 Å². The standard InChI is InChI=1S/C37H48N2O7/c1-9-11-12-13-21-44-31-23-26(35(40)43-8)14-15-27(31)29-24-38(18-10-2)19-17-30(29)45-34-28-16-20-39(36(41)46-37(4,5)6)33(28)25(3)22-32(34)42-7/h9-10,14-16,20,22-23,29-30H,1-2,11-13,17-19,21,24H2,3-8H3/t29-,30+/m0/s1. The van der Waals surface area contributed by atoms with Crippen molar-refractivity contribution in [3.63, 3.8) is 0 Å². The van der Waals surface area contributed by atoms with Gasteiger partial charge >= 0.3 is 12.1 Å². The van der Waals surface area contributed by atoms with Crippen LogP contribution in [0, 0.1) is 6.92 Å². The fraction of sp³-hybridized carbons (Fsp3) is 0.459. The average Bonchev–Trinajstić information content (AvgIpc) is 3.48. The highest BCUT2D eigenvalue weighted by Crippen LogP contribution is 2.43. The predicted molar refractivity (Wildman–Crippen MR) is 181 cm³/mol. The van der Waals surface area contributed by atoms with E-state index in [4.69, 9.17) is 23.7 Å². The SMILES string of the molecule is C=CCCCCOc1cc(C(=O)OC)ccc1[C@@H]1CN(CC=C)CC[C@H]1Oc1c(OC)cc(C)c2c1ccn2C(=O)OC(C)(C)C. The number of carbonyl (C=O) groups excluding carboxylic acids is 2. The number of hydrogen-bond acceptors (Lipinski definition) is 8. The van der Waals surface area contributed by atoms with Gasteiger partial charge in [-0.2, -0.15) is 0 Å². The van der Waals surface area contributed by atoms with Crippen LogP contribution in [0.5, 0.6) is 17.2 Å². The third kappa shape index (κ3) is 8.12. The molecule has 46 heavy (non-hydrogen) atoms. The van der Waals surface area contributed by atoms with E-state index < -0.39 is 17.7 Å². The summed E-state index contributed by atoms with van der Waals surface area (Å²) in [5.74, 6) is 1.25. The van der Waals surface area contributed by atoms with E-state index in [9.17, 15) is 9.59 Å². The minimum atomic E-state index is -0.644. The van der Waals surface area contributed by atoms with Crippen LogP contribution < -0.4 is 14.2 Å². The Morgan fingerprint density at radius 1 is 1.04 bits per heavy atom. The molecule has 1 saturated heterocycles. The van der Waals surface area contributed by atoms with Gasteiger partial charge in [-0.25, -0.2) is 9.59 Å². The van der Waals surface area contributed by atoms with Gasteiger partial charge in [0, 0.05) is 42.7 Å². The van der Waals surface area contributed by atoms with Crippen LogP contribution in [-0.2, 0) is 9.47 Å². The minimum absolute atomic E-state index is 0.113. The van der Waals surface area contributed by atoms with E-state index in [1.54, 1.807) is 25.4 Å². The van der Waals surface area contributed by atoms with Gasteiger partial charge in [0.15, 0.2) is 11.5 Å². The van der Waals surface area contributed by atoms with Crippen LogP contribution in [0.15, 0.2) is 61.8 Å². The molecule has 0 N–H and O–H groups in total. The van der Waals surface area contributed by atoms with Gasteiger partial charge in [0.2, 0.25) is 0 Å². The third-order valence-electron chi connectivity index (χ3n) is 8.07. The number of nitrogens with zero attached hydrogens (tertiary/aromatic N) is 2. The maximum atomic E-state index is 13.2. The Labute approximate surface area is 272 Å². The van der Waals surface area contributed by atoms with Crippen molar-refractivity contribution in [2.75, 3.05) is 40.5 Å². The molecule has 0 aliphatic carbocycles. The second-order valence-corrected chi connectivity index (χ2v) is 12.6. The smallest absolute Gasteiger partial charge is 0.419 e. The van der Waals surface area contributed by atoms with Crippen molar-refractivity contribution in [3.8, 4) is 17.2 Å². The number of aryl methyl sites for hydroxylation is 1. The molecule has 0 saturated carbocycles. The van der Waals surface area contributed by atoms with Crippen molar-refractivity contribution >= 4 is 23.0 Å². The Bertz CT molecular complexity index is 1550. The molecule has 1 aliphatic heterocycles. The van der Waals surface area contributed by atoms with Gasteiger partial charge in [0.05, 0.1) is 31.9 Å². The molecule has 2 heterocycles. The normalized spacial score (nSPS) is 16.9. The number of rotatable bonds is 13. The molecule has 1 aliphatic rings. The zero-order valence-corrected chi connectivity index (χ0v) is 28.1. The Hall–Kier alpha value is -4.24. The van der Waals surface area contributed by atoms with Crippen LogP contribution in [0.3, 0.4) is 0 Å². The first-order chi connectivity index (χ1) is 22.0. The van der Waals surface area contributed by atoms with E-state index >= 15 is 0 Å². The summed E-state index contributed by atoms with van der Waals surface area (Å²) >= 11 is 0. The van der Waals surface area contributed by atoms with Gasteiger partial charge in [-0.1, -0.05) is 18.2 Å². The second kappa shape index (κ2) is 15.4. The lowest BCUT2D eigenvalue weighted by Gasteiger charge is -2.39. The maximum Gasteiger partial charge on any atom is 0.419 e. The molecule has 0 radical (unpaired) electrons. The van der Waals surface area contributed by atoms with E-state index in [2.05, 4.69) is 18.1 Å². The summed E-state index contributed by atoms with van der Waals surface area (Å²) in [5, 5.41) is 0.759. The molecule has 9 nitrogen and oxygen atoms in total. The van der Waals surface area contributed by atoms with Crippen LogP contribution in [0.1, 0.15) is 73.9 Å². The quantitative estimate of drug-likeness (QED) is 0.108. The van der Waals surface area contributed by atoms with Crippen LogP contribution in [-0.4, -0.2) is 73.7 Å². The van der Waals surface area contributed by atoms with E-state index in [-0.39, 0.29) is 12.0 Å². The molecule has 9 heteroatoms. The van der Waals surface area contributed by atoms with Crippen LogP contribution in [0.4, 0.5) is 4.79 Å². The summed E-state index contributed by atoms with van der Waals surface area (Å²) in [6, 6.07) is 9.26. The highest BCUT2D eigenvalue weighted by molar-refractivity contribution is 5.97. The Morgan fingerprint density at radius 2 is 1.83 bits per heavy atom. The molecular weight excluding hydrogens is 584 g/mol. The number of benzene rings is 2. The van der Waals surface area contributed by atoms with Crippen molar-refractivity contribution in [2.24, 2.45) is 0 Å². The van der Waals surface area contributed by atoms with E-state index in [0.29, 0.717) is 41.5 Å². The van der Waals surface area contributed by atoms with Gasteiger partial charge < -0.3 is 23.7 Å². The summed E-state index contributed by atoms with van der Waals surface area (Å²) in [6.07, 6.45) is 8.25. The number of esters is 1. The monoisotopic (exact) mass is 632 g/mol. The number of ether oxygens (including phenoxy) is 5.